The predicted molar refractivity (Wildman–Crippen MR) is 77.5 cm³/mol. The van der Waals surface area contributed by atoms with Crippen molar-refractivity contribution in [2.75, 3.05) is 0 Å². The quantitative estimate of drug-likeness (QED) is 0.694. The van der Waals surface area contributed by atoms with Crippen molar-refractivity contribution in [1.82, 2.24) is 4.98 Å². The Labute approximate surface area is 124 Å². The molecule has 0 spiro atoms. The Hall–Kier alpha value is -2.28. The lowest BCUT2D eigenvalue weighted by molar-refractivity contribution is -0.384. The second kappa shape index (κ2) is 5.25. The third-order valence-electron chi connectivity index (χ3n) is 3.58. The maximum absolute atomic E-state index is 11.3. The summed E-state index contributed by atoms with van der Waals surface area (Å²) in [7, 11) is 0. The van der Waals surface area contributed by atoms with Crippen molar-refractivity contribution in [3.63, 3.8) is 0 Å². The molecule has 1 aliphatic carbocycles. The molecule has 1 aliphatic rings. The van der Waals surface area contributed by atoms with E-state index in [4.69, 9.17) is 0 Å². The Kier molecular flexibility index (Phi) is 3.42. The first-order valence-electron chi connectivity index (χ1n) is 6.53. The number of benzene rings is 1. The zero-order chi connectivity index (χ0) is 15.0. The van der Waals surface area contributed by atoms with Crippen LogP contribution in [0.2, 0.25) is 0 Å². The minimum atomic E-state index is -0.837. The third kappa shape index (κ3) is 2.52. The van der Waals surface area contributed by atoms with E-state index in [0.717, 1.165) is 28.3 Å². The highest BCUT2D eigenvalue weighted by molar-refractivity contribution is 7.15. The van der Waals surface area contributed by atoms with E-state index < -0.39 is 16.8 Å². The first-order valence-corrected chi connectivity index (χ1v) is 7.35. The molecule has 0 radical (unpaired) electrons. The number of non-ortho nitro benzene ring substituents is 1. The molecule has 6 nitrogen and oxygen atoms in total. The third-order valence-corrected chi connectivity index (χ3v) is 4.76. The van der Waals surface area contributed by atoms with Crippen molar-refractivity contribution in [3.05, 3.63) is 45.0 Å². The van der Waals surface area contributed by atoms with E-state index >= 15 is 0 Å². The molecule has 1 aromatic carbocycles. The second-order valence-electron chi connectivity index (χ2n) is 4.91. The van der Waals surface area contributed by atoms with Crippen LogP contribution in [0.1, 0.15) is 29.3 Å². The lowest BCUT2D eigenvalue weighted by Gasteiger charge is -2.16. The fraction of sp³-hybridized carbons (Fsp3) is 0.286. The molecular formula is C14H12N2O4S. The molecule has 1 heterocycles. The number of carboxylic acids is 1. The number of hydrogen-bond acceptors (Lipinski definition) is 5. The molecule has 7 heteroatoms. The fourth-order valence-electron chi connectivity index (χ4n) is 2.51. The second-order valence-corrected chi connectivity index (χ2v) is 6.00. The van der Waals surface area contributed by atoms with Crippen molar-refractivity contribution in [3.8, 4) is 10.6 Å². The van der Waals surface area contributed by atoms with Gasteiger partial charge in [0.25, 0.3) is 5.69 Å². The van der Waals surface area contributed by atoms with Crippen LogP contribution < -0.4 is 0 Å². The predicted octanol–water partition coefficient (Wildman–Crippen LogP) is 3.22. The minimum absolute atomic E-state index is 0.0310. The first kappa shape index (κ1) is 13.7. The summed E-state index contributed by atoms with van der Waals surface area (Å²) < 4.78 is 0. The van der Waals surface area contributed by atoms with Crippen LogP contribution >= 0.6 is 11.3 Å². The maximum Gasteiger partial charge on any atom is 0.312 e. The van der Waals surface area contributed by atoms with E-state index in [1.54, 1.807) is 12.1 Å². The standard InChI is InChI=1S/C14H12N2O4S/c17-14(18)10-2-1-3-11-12(10)15-13(21-11)8-4-6-9(7-5-8)16(19)20/h4-7,10H,1-3H2,(H,17,18). The van der Waals surface area contributed by atoms with Crippen molar-refractivity contribution in [2.45, 2.75) is 25.2 Å². The normalized spacial score (nSPS) is 17.2. The number of fused-ring (bicyclic) bond motifs is 1. The van der Waals surface area contributed by atoms with Gasteiger partial charge in [-0.3, -0.25) is 14.9 Å². The maximum atomic E-state index is 11.3. The number of rotatable bonds is 3. The minimum Gasteiger partial charge on any atom is -0.481 e. The van der Waals surface area contributed by atoms with Gasteiger partial charge in [-0.1, -0.05) is 0 Å². The fourth-order valence-corrected chi connectivity index (χ4v) is 3.68. The SMILES string of the molecule is O=C(O)C1CCCc2sc(-c3ccc([N+](=O)[O-])cc3)nc21. The van der Waals surface area contributed by atoms with Crippen LogP contribution in [-0.4, -0.2) is 21.0 Å². The highest BCUT2D eigenvalue weighted by Gasteiger charge is 2.30. The van der Waals surface area contributed by atoms with Gasteiger partial charge in [-0.15, -0.1) is 11.3 Å². The van der Waals surface area contributed by atoms with E-state index in [9.17, 15) is 20.0 Å². The summed E-state index contributed by atoms with van der Waals surface area (Å²) in [5, 5.41) is 20.6. The summed E-state index contributed by atoms with van der Waals surface area (Å²) in [4.78, 5) is 27.0. The zero-order valence-electron chi connectivity index (χ0n) is 11.0. The summed E-state index contributed by atoms with van der Waals surface area (Å²) in [5.74, 6) is -1.37. The Bertz CT molecular complexity index is 708. The number of carboxylic acid groups (broad SMARTS) is 1. The molecule has 0 saturated heterocycles. The van der Waals surface area contributed by atoms with E-state index in [1.165, 1.54) is 23.5 Å². The van der Waals surface area contributed by atoms with Gasteiger partial charge in [0, 0.05) is 22.6 Å². The molecule has 108 valence electrons. The number of nitro groups is 1. The molecule has 2 aromatic rings. The molecule has 1 N–H and O–H groups in total. The molecular weight excluding hydrogens is 292 g/mol. The summed E-state index contributed by atoms with van der Waals surface area (Å²) in [5.41, 5.74) is 1.47. The van der Waals surface area contributed by atoms with Gasteiger partial charge in [0.15, 0.2) is 0 Å². The summed E-state index contributed by atoms with van der Waals surface area (Å²) in [6.07, 6.45) is 2.32. The van der Waals surface area contributed by atoms with Gasteiger partial charge < -0.3 is 5.11 Å². The number of hydrogen-bond donors (Lipinski definition) is 1. The smallest absolute Gasteiger partial charge is 0.312 e. The first-order chi connectivity index (χ1) is 10.1. The van der Waals surface area contributed by atoms with E-state index in [2.05, 4.69) is 4.98 Å². The lowest BCUT2D eigenvalue weighted by Crippen LogP contribution is -2.17. The highest BCUT2D eigenvalue weighted by atomic mass is 32.1. The van der Waals surface area contributed by atoms with Gasteiger partial charge in [0.2, 0.25) is 0 Å². The highest BCUT2D eigenvalue weighted by Crippen LogP contribution is 2.38. The number of carbonyl (C=O) groups is 1. The molecule has 1 unspecified atom stereocenters. The Morgan fingerprint density at radius 3 is 2.71 bits per heavy atom. The van der Waals surface area contributed by atoms with Gasteiger partial charge in [0.05, 0.1) is 16.5 Å². The number of thiazole rings is 1. The number of aryl methyl sites for hydroxylation is 1. The van der Waals surface area contributed by atoms with Crippen LogP contribution in [0.15, 0.2) is 24.3 Å². The monoisotopic (exact) mass is 304 g/mol. The van der Waals surface area contributed by atoms with Crippen molar-refractivity contribution in [1.29, 1.82) is 0 Å². The number of nitrogens with zero attached hydrogens (tertiary/aromatic N) is 2. The van der Waals surface area contributed by atoms with Gasteiger partial charge in [-0.25, -0.2) is 4.98 Å². The molecule has 1 aromatic heterocycles. The van der Waals surface area contributed by atoms with E-state index in [1.807, 2.05) is 0 Å². The van der Waals surface area contributed by atoms with Crippen LogP contribution in [0.25, 0.3) is 10.6 Å². The average molecular weight is 304 g/mol. The molecule has 0 bridgehead atoms. The number of nitro benzene ring substituents is 1. The lowest BCUT2D eigenvalue weighted by atomic mass is 9.91. The van der Waals surface area contributed by atoms with Gasteiger partial charge in [0.1, 0.15) is 5.01 Å². The average Bonchev–Trinajstić information content (AvgIpc) is 2.90. The van der Waals surface area contributed by atoms with Crippen LogP contribution in [0.4, 0.5) is 5.69 Å². The largest absolute Gasteiger partial charge is 0.481 e. The molecule has 0 amide bonds. The van der Waals surface area contributed by atoms with Crippen molar-refractivity contribution in [2.24, 2.45) is 0 Å². The Morgan fingerprint density at radius 2 is 2.10 bits per heavy atom. The van der Waals surface area contributed by atoms with Crippen LogP contribution in [0.3, 0.4) is 0 Å². The topological polar surface area (TPSA) is 93.3 Å². The Morgan fingerprint density at radius 1 is 1.38 bits per heavy atom. The van der Waals surface area contributed by atoms with E-state index in [-0.39, 0.29) is 5.69 Å². The zero-order valence-corrected chi connectivity index (χ0v) is 11.8. The van der Waals surface area contributed by atoms with Crippen LogP contribution in [0.5, 0.6) is 0 Å². The molecule has 1 atom stereocenters. The van der Waals surface area contributed by atoms with Gasteiger partial charge in [-0.05, 0) is 31.4 Å². The summed E-state index contributed by atoms with van der Waals surface area (Å²) in [6.45, 7) is 0. The molecule has 3 rings (SSSR count). The van der Waals surface area contributed by atoms with Crippen LogP contribution in [0, 0.1) is 10.1 Å². The van der Waals surface area contributed by atoms with Gasteiger partial charge in [-0.2, -0.15) is 0 Å². The van der Waals surface area contributed by atoms with Crippen LogP contribution in [-0.2, 0) is 11.2 Å². The summed E-state index contributed by atoms with van der Waals surface area (Å²) in [6, 6.07) is 6.17. The van der Waals surface area contributed by atoms with E-state index in [0.29, 0.717) is 12.1 Å². The number of aromatic nitrogens is 1. The molecule has 0 fully saturated rings. The van der Waals surface area contributed by atoms with Gasteiger partial charge >= 0.3 is 5.97 Å². The van der Waals surface area contributed by atoms with Crippen molar-refractivity contribution < 1.29 is 14.8 Å². The Balaban J connectivity index is 1.97. The van der Waals surface area contributed by atoms with Crippen molar-refractivity contribution >= 4 is 23.0 Å². The summed E-state index contributed by atoms with van der Waals surface area (Å²) >= 11 is 1.48. The molecule has 21 heavy (non-hydrogen) atoms. The molecule has 0 aliphatic heterocycles. The number of aliphatic carboxylic acids is 1. The molecule has 0 saturated carbocycles.